The maximum atomic E-state index is 12.8. The van der Waals surface area contributed by atoms with Gasteiger partial charge in [-0.1, -0.05) is 29.8 Å². The van der Waals surface area contributed by atoms with Crippen LogP contribution >= 0.6 is 0 Å². The fraction of sp³-hybridized carbons (Fsp3) is 0.0714. The van der Waals surface area contributed by atoms with Crippen LogP contribution in [0.5, 0.6) is 0 Å². The average Bonchev–Trinajstić information content (AvgIpc) is 2.29. The normalized spacial score (nSPS) is 10.2. The van der Waals surface area contributed by atoms with Gasteiger partial charge in [-0.05, 0) is 36.2 Å². The second-order valence-electron chi connectivity index (χ2n) is 3.92. The molecule has 2 aromatic carbocycles. The summed E-state index contributed by atoms with van der Waals surface area (Å²) in [6.07, 6.45) is 0. The molecule has 3 heteroatoms. The lowest BCUT2D eigenvalue weighted by Gasteiger charge is -2.08. The Kier molecular flexibility index (Phi) is 2.91. The van der Waals surface area contributed by atoms with E-state index in [-0.39, 0.29) is 5.82 Å². The first-order valence-corrected chi connectivity index (χ1v) is 5.24. The number of amides is 1. The molecule has 0 saturated carbocycles. The van der Waals surface area contributed by atoms with E-state index in [0.29, 0.717) is 5.56 Å². The largest absolute Gasteiger partial charge is 0.366 e. The fourth-order valence-electron chi connectivity index (χ4n) is 1.74. The van der Waals surface area contributed by atoms with Crippen LogP contribution in [-0.4, -0.2) is 5.91 Å². The van der Waals surface area contributed by atoms with Crippen LogP contribution in [0, 0.1) is 12.7 Å². The Morgan fingerprint density at radius 1 is 1.12 bits per heavy atom. The lowest BCUT2D eigenvalue weighted by atomic mass is 9.97. The van der Waals surface area contributed by atoms with Crippen LogP contribution in [0.15, 0.2) is 42.5 Å². The number of primary amides is 1. The number of aryl methyl sites for hydroxylation is 1. The number of benzene rings is 2. The third kappa shape index (κ3) is 2.33. The van der Waals surface area contributed by atoms with Crippen molar-refractivity contribution in [2.75, 3.05) is 0 Å². The van der Waals surface area contributed by atoms with E-state index >= 15 is 0 Å². The molecule has 0 aliphatic rings. The second kappa shape index (κ2) is 4.37. The van der Waals surface area contributed by atoms with Crippen molar-refractivity contribution in [1.29, 1.82) is 0 Å². The fourth-order valence-corrected chi connectivity index (χ4v) is 1.74. The smallest absolute Gasteiger partial charge is 0.249 e. The van der Waals surface area contributed by atoms with Crippen molar-refractivity contribution in [3.05, 3.63) is 59.4 Å². The molecule has 86 valence electrons. The van der Waals surface area contributed by atoms with Crippen LogP contribution in [0.25, 0.3) is 11.1 Å². The van der Waals surface area contributed by atoms with E-state index in [1.54, 1.807) is 18.2 Å². The Morgan fingerprint density at radius 3 is 2.35 bits per heavy atom. The van der Waals surface area contributed by atoms with Gasteiger partial charge >= 0.3 is 0 Å². The van der Waals surface area contributed by atoms with E-state index in [4.69, 9.17) is 5.73 Å². The van der Waals surface area contributed by atoms with E-state index in [9.17, 15) is 9.18 Å². The lowest BCUT2D eigenvalue weighted by molar-refractivity contribution is 0.100. The molecule has 2 rings (SSSR count). The lowest BCUT2D eigenvalue weighted by Crippen LogP contribution is -2.12. The summed E-state index contributed by atoms with van der Waals surface area (Å²) in [5.74, 6) is -0.786. The quantitative estimate of drug-likeness (QED) is 0.845. The van der Waals surface area contributed by atoms with Crippen molar-refractivity contribution in [2.45, 2.75) is 6.92 Å². The van der Waals surface area contributed by atoms with Crippen LogP contribution in [0.3, 0.4) is 0 Å². The molecule has 2 aromatic rings. The summed E-state index contributed by atoms with van der Waals surface area (Å²) in [6.45, 7) is 1.93. The maximum absolute atomic E-state index is 12.8. The van der Waals surface area contributed by atoms with Crippen LogP contribution < -0.4 is 5.73 Å². The first-order chi connectivity index (χ1) is 8.08. The minimum Gasteiger partial charge on any atom is -0.366 e. The van der Waals surface area contributed by atoms with Gasteiger partial charge in [0.2, 0.25) is 5.91 Å². The zero-order chi connectivity index (χ0) is 12.4. The van der Waals surface area contributed by atoms with E-state index in [0.717, 1.165) is 16.7 Å². The molecular formula is C14H12FNO. The molecule has 1 amide bonds. The minimum absolute atomic E-state index is 0.304. The van der Waals surface area contributed by atoms with Gasteiger partial charge in [0.25, 0.3) is 0 Å². The van der Waals surface area contributed by atoms with Gasteiger partial charge in [-0.15, -0.1) is 0 Å². The number of carbonyl (C=O) groups is 1. The molecule has 0 spiro atoms. The highest BCUT2D eigenvalue weighted by Gasteiger charge is 2.09. The number of rotatable bonds is 2. The Morgan fingerprint density at radius 2 is 1.76 bits per heavy atom. The maximum Gasteiger partial charge on any atom is 0.249 e. The molecule has 0 unspecified atom stereocenters. The van der Waals surface area contributed by atoms with Gasteiger partial charge in [-0.3, -0.25) is 4.79 Å². The SMILES string of the molecule is Cc1ccc(C(N)=O)c(-c2ccc(F)cc2)c1. The minimum atomic E-state index is -0.482. The van der Waals surface area contributed by atoms with Gasteiger partial charge in [0.05, 0.1) is 0 Å². The summed E-state index contributed by atoms with van der Waals surface area (Å²) in [6, 6.07) is 11.4. The van der Waals surface area contributed by atoms with Crippen molar-refractivity contribution < 1.29 is 9.18 Å². The van der Waals surface area contributed by atoms with Crippen LogP contribution in [0.2, 0.25) is 0 Å². The van der Waals surface area contributed by atoms with Crippen LogP contribution in [0.4, 0.5) is 4.39 Å². The zero-order valence-electron chi connectivity index (χ0n) is 9.41. The number of hydrogen-bond donors (Lipinski definition) is 1. The molecule has 0 atom stereocenters. The predicted molar refractivity (Wildman–Crippen MR) is 65.1 cm³/mol. The topological polar surface area (TPSA) is 43.1 Å². The molecule has 2 N–H and O–H groups in total. The third-order valence-corrected chi connectivity index (χ3v) is 2.60. The highest BCUT2D eigenvalue weighted by molar-refractivity contribution is 5.99. The molecule has 0 aromatic heterocycles. The summed E-state index contributed by atoms with van der Waals surface area (Å²) in [5, 5.41) is 0. The van der Waals surface area contributed by atoms with E-state index in [2.05, 4.69) is 0 Å². The third-order valence-electron chi connectivity index (χ3n) is 2.60. The van der Waals surface area contributed by atoms with Crippen molar-refractivity contribution in [2.24, 2.45) is 5.73 Å². The summed E-state index contributed by atoms with van der Waals surface area (Å²) in [7, 11) is 0. The second-order valence-corrected chi connectivity index (χ2v) is 3.92. The molecule has 0 fully saturated rings. The molecule has 0 saturated heterocycles. The van der Waals surface area contributed by atoms with E-state index in [1.807, 2.05) is 19.1 Å². The first-order valence-electron chi connectivity index (χ1n) is 5.24. The molecule has 0 radical (unpaired) electrons. The molecule has 0 heterocycles. The highest BCUT2D eigenvalue weighted by Crippen LogP contribution is 2.25. The van der Waals surface area contributed by atoms with Gasteiger partial charge in [0.15, 0.2) is 0 Å². The van der Waals surface area contributed by atoms with Gasteiger partial charge in [0, 0.05) is 5.56 Å². The van der Waals surface area contributed by atoms with E-state index in [1.165, 1.54) is 12.1 Å². The number of halogens is 1. The van der Waals surface area contributed by atoms with Crippen LogP contribution in [-0.2, 0) is 0 Å². The van der Waals surface area contributed by atoms with Crippen LogP contribution in [0.1, 0.15) is 15.9 Å². The van der Waals surface area contributed by atoms with Gasteiger partial charge in [-0.2, -0.15) is 0 Å². The summed E-state index contributed by atoms with van der Waals surface area (Å²) in [5.41, 5.74) is 8.30. The number of carbonyl (C=O) groups excluding carboxylic acids is 1. The number of nitrogens with two attached hydrogens (primary N) is 1. The Balaban J connectivity index is 2.60. The monoisotopic (exact) mass is 229 g/mol. The molecule has 0 aliphatic heterocycles. The Hall–Kier alpha value is -2.16. The standard InChI is InChI=1S/C14H12FNO/c1-9-2-7-12(14(16)17)13(8-9)10-3-5-11(15)6-4-10/h2-8H,1H3,(H2,16,17). The number of hydrogen-bond acceptors (Lipinski definition) is 1. The predicted octanol–water partition coefficient (Wildman–Crippen LogP) is 2.90. The molecular weight excluding hydrogens is 217 g/mol. The van der Waals surface area contributed by atoms with Crippen molar-refractivity contribution in [3.63, 3.8) is 0 Å². The van der Waals surface area contributed by atoms with E-state index < -0.39 is 5.91 Å². The Bertz CT molecular complexity index is 561. The average molecular weight is 229 g/mol. The summed E-state index contributed by atoms with van der Waals surface area (Å²) in [4.78, 5) is 11.3. The molecule has 0 aliphatic carbocycles. The van der Waals surface area contributed by atoms with Crippen molar-refractivity contribution >= 4 is 5.91 Å². The van der Waals surface area contributed by atoms with Gasteiger partial charge < -0.3 is 5.73 Å². The first kappa shape index (κ1) is 11.3. The Labute approximate surface area is 98.9 Å². The zero-order valence-corrected chi connectivity index (χ0v) is 9.41. The van der Waals surface area contributed by atoms with Gasteiger partial charge in [0.1, 0.15) is 5.82 Å². The van der Waals surface area contributed by atoms with Gasteiger partial charge in [-0.25, -0.2) is 4.39 Å². The summed E-state index contributed by atoms with van der Waals surface area (Å²) >= 11 is 0. The molecule has 2 nitrogen and oxygen atoms in total. The van der Waals surface area contributed by atoms with Crippen molar-refractivity contribution in [1.82, 2.24) is 0 Å². The molecule has 0 bridgehead atoms. The summed E-state index contributed by atoms with van der Waals surface area (Å²) < 4.78 is 12.8. The highest BCUT2D eigenvalue weighted by atomic mass is 19.1. The molecule has 17 heavy (non-hydrogen) atoms. The van der Waals surface area contributed by atoms with Crippen molar-refractivity contribution in [3.8, 4) is 11.1 Å².